The summed E-state index contributed by atoms with van der Waals surface area (Å²) in [6.45, 7) is 15.4. The number of rotatable bonds is 10. The number of aryl methyl sites for hydroxylation is 2. The summed E-state index contributed by atoms with van der Waals surface area (Å²) >= 11 is 0. The Labute approximate surface area is 224 Å². The van der Waals surface area contributed by atoms with Gasteiger partial charge in [0, 0.05) is 12.1 Å². The number of amides is 3. The van der Waals surface area contributed by atoms with Crippen molar-refractivity contribution < 1.29 is 19.1 Å². The van der Waals surface area contributed by atoms with Crippen LogP contribution in [0.5, 0.6) is 0 Å². The van der Waals surface area contributed by atoms with E-state index in [9.17, 15) is 14.4 Å². The first-order chi connectivity index (χ1) is 17.3. The molecule has 1 aromatic carbocycles. The molecule has 3 amide bonds. The Morgan fingerprint density at radius 2 is 1.59 bits per heavy atom. The van der Waals surface area contributed by atoms with E-state index in [0.29, 0.717) is 5.92 Å². The molecule has 2 N–H and O–H groups in total. The lowest BCUT2D eigenvalue weighted by molar-refractivity contribution is -0.143. The van der Waals surface area contributed by atoms with Crippen LogP contribution in [0.2, 0.25) is 0 Å². The van der Waals surface area contributed by atoms with Gasteiger partial charge < -0.3 is 20.3 Å². The van der Waals surface area contributed by atoms with Gasteiger partial charge in [-0.2, -0.15) is 0 Å². The SMILES string of the molecule is Cc1cccc(C)c1C(C(=O)NC1CCCCC1)N(C(=O)CNC(=O)OC(C)(C)C)C(C)CCC(C)C. The lowest BCUT2D eigenvalue weighted by Gasteiger charge is -2.39. The topological polar surface area (TPSA) is 87.7 Å². The molecule has 1 saturated carbocycles. The molecule has 0 aromatic heterocycles. The minimum Gasteiger partial charge on any atom is -0.444 e. The third-order valence-electron chi connectivity index (χ3n) is 7.00. The highest BCUT2D eigenvalue weighted by atomic mass is 16.6. The monoisotopic (exact) mass is 515 g/mol. The van der Waals surface area contributed by atoms with Crippen molar-refractivity contribution in [3.05, 3.63) is 34.9 Å². The zero-order valence-electron chi connectivity index (χ0n) is 24.3. The molecule has 37 heavy (non-hydrogen) atoms. The standard InChI is InChI=1S/C30H49N3O4/c1-20(2)17-18-23(5)33(25(34)19-31-29(36)37-30(6,7)8)27(26-21(3)13-12-14-22(26)4)28(35)32-24-15-10-9-11-16-24/h12-14,20,23-24,27H,9-11,15-19H2,1-8H3,(H,31,36)(H,32,35). The number of benzene rings is 1. The number of nitrogens with zero attached hydrogens (tertiary/aromatic N) is 1. The Hall–Kier alpha value is -2.57. The first-order valence-electron chi connectivity index (χ1n) is 13.9. The minimum atomic E-state index is -0.779. The fourth-order valence-corrected chi connectivity index (χ4v) is 5.09. The molecular formula is C30H49N3O4. The third kappa shape index (κ3) is 9.67. The van der Waals surface area contributed by atoms with Crippen LogP contribution >= 0.6 is 0 Å². The van der Waals surface area contributed by atoms with E-state index in [1.54, 1.807) is 25.7 Å². The van der Waals surface area contributed by atoms with Crippen molar-refractivity contribution in [2.45, 2.75) is 124 Å². The van der Waals surface area contributed by atoms with Gasteiger partial charge in [0.05, 0.1) is 0 Å². The molecular weight excluding hydrogens is 466 g/mol. The summed E-state index contributed by atoms with van der Waals surface area (Å²) in [4.78, 5) is 41.9. The van der Waals surface area contributed by atoms with Crippen LogP contribution in [0.25, 0.3) is 0 Å². The number of carbonyl (C=O) groups is 3. The van der Waals surface area contributed by atoms with Crippen molar-refractivity contribution in [1.82, 2.24) is 15.5 Å². The lowest BCUT2D eigenvalue weighted by atomic mass is 9.90. The van der Waals surface area contributed by atoms with Crippen LogP contribution in [-0.4, -0.2) is 47.0 Å². The first kappa shape index (κ1) is 30.7. The van der Waals surface area contributed by atoms with Gasteiger partial charge >= 0.3 is 6.09 Å². The summed E-state index contributed by atoms with van der Waals surface area (Å²) in [6, 6.07) is 5.10. The van der Waals surface area contributed by atoms with Crippen LogP contribution < -0.4 is 10.6 Å². The van der Waals surface area contributed by atoms with Gasteiger partial charge in [-0.3, -0.25) is 9.59 Å². The Kier molecular flexibility index (Phi) is 11.5. The summed E-state index contributed by atoms with van der Waals surface area (Å²) in [6.07, 6.45) is 6.36. The second kappa shape index (κ2) is 13.8. The number of ether oxygens (including phenoxy) is 1. The van der Waals surface area contributed by atoms with E-state index < -0.39 is 17.7 Å². The van der Waals surface area contributed by atoms with Crippen LogP contribution in [0, 0.1) is 19.8 Å². The van der Waals surface area contributed by atoms with Crippen LogP contribution in [0.4, 0.5) is 4.79 Å². The average molecular weight is 516 g/mol. The van der Waals surface area contributed by atoms with Crippen molar-refractivity contribution in [3.63, 3.8) is 0 Å². The van der Waals surface area contributed by atoms with Crippen molar-refractivity contribution in [2.75, 3.05) is 6.54 Å². The lowest BCUT2D eigenvalue weighted by Crippen LogP contribution is -2.53. The maximum atomic E-state index is 14.0. The molecule has 0 bridgehead atoms. The highest BCUT2D eigenvalue weighted by Crippen LogP contribution is 2.32. The molecule has 0 heterocycles. The van der Waals surface area contributed by atoms with E-state index in [2.05, 4.69) is 24.5 Å². The van der Waals surface area contributed by atoms with Crippen LogP contribution in [0.3, 0.4) is 0 Å². The van der Waals surface area contributed by atoms with Crippen LogP contribution in [-0.2, 0) is 14.3 Å². The predicted molar refractivity (Wildman–Crippen MR) is 148 cm³/mol. The highest BCUT2D eigenvalue weighted by Gasteiger charge is 2.37. The van der Waals surface area contributed by atoms with Gasteiger partial charge in [0.15, 0.2) is 0 Å². The fraction of sp³-hybridized carbons (Fsp3) is 0.700. The molecule has 2 atom stereocenters. The van der Waals surface area contributed by atoms with Gasteiger partial charge in [-0.25, -0.2) is 4.79 Å². The Bertz CT molecular complexity index is 896. The highest BCUT2D eigenvalue weighted by molar-refractivity contribution is 5.91. The van der Waals surface area contributed by atoms with Gasteiger partial charge in [0.2, 0.25) is 11.8 Å². The quantitative estimate of drug-likeness (QED) is 0.402. The normalized spacial score (nSPS) is 16.1. The van der Waals surface area contributed by atoms with Crippen molar-refractivity contribution in [2.24, 2.45) is 5.92 Å². The van der Waals surface area contributed by atoms with Crippen molar-refractivity contribution >= 4 is 17.9 Å². The zero-order valence-corrected chi connectivity index (χ0v) is 24.3. The number of carbonyl (C=O) groups excluding carboxylic acids is 3. The van der Waals surface area contributed by atoms with Gasteiger partial charge in [-0.05, 0) is 89.8 Å². The van der Waals surface area contributed by atoms with Crippen molar-refractivity contribution in [1.29, 1.82) is 0 Å². The minimum absolute atomic E-state index is 0.121. The molecule has 0 aliphatic heterocycles. The van der Waals surface area contributed by atoms with E-state index in [1.807, 2.05) is 39.0 Å². The molecule has 1 aliphatic carbocycles. The molecule has 208 valence electrons. The third-order valence-corrected chi connectivity index (χ3v) is 7.00. The van der Waals surface area contributed by atoms with E-state index in [4.69, 9.17) is 4.74 Å². The van der Waals surface area contributed by atoms with Gasteiger partial charge in [-0.1, -0.05) is 51.3 Å². The van der Waals surface area contributed by atoms with E-state index in [0.717, 1.165) is 55.2 Å². The number of nitrogens with one attached hydrogen (secondary N) is 2. The maximum absolute atomic E-state index is 14.0. The average Bonchev–Trinajstić information content (AvgIpc) is 2.80. The van der Waals surface area contributed by atoms with Gasteiger partial charge in [0.25, 0.3) is 0 Å². The van der Waals surface area contributed by atoms with Crippen LogP contribution in [0.15, 0.2) is 18.2 Å². The van der Waals surface area contributed by atoms with E-state index in [1.165, 1.54) is 6.42 Å². The largest absolute Gasteiger partial charge is 0.444 e. The summed E-state index contributed by atoms with van der Waals surface area (Å²) in [5.74, 6) is 0.0221. The molecule has 2 unspecified atom stereocenters. The number of alkyl carbamates (subject to hydrolysis) is 1. The smallest absolute Gasteiger partial charge is 0.408 e. The predicted octanol–water partition coefficient (Wildman–Crippen LogP) is 5.97. The fourth-order valence-electron chi connectivity index (χ4n) is 5.09. The van der Waals surface area contributed by atoms with E-state index in [-0.39, 0.29) is 30.4 Å². The molecule has 1 aromatic rings. The maximum Gasteiger partial charge on any atom is 0.408 e. The Balaban J connectivity index is 2.44. The second-order valence-electron chi connectivity index (χ2n) is 12.0. The molecule has 7 heteroatoms. The molecule has 2 rings (SSSR count). The second-order valence-corrected chi connectivity index (χ2v) is 12.0. The van der Waals surface area contributed by atoms with Gasteiger partial charge in [-0.15, -0.1) is 0 Å². The Morgan fingerprint density at radius 1 is 1.00 bits per heavy atom. The molecule has 1 fully saturated rings. The van der Waals surface area contributed by atoms with Crippen LogP contribution in [0.1, 0.15) is 109 Å². The number of hydrogen-bond donors (Lipinski definition) is 2. The molecule has 0 saturated heterocycles. The summed E-state index contributed by atoms with van der Waals surface area (Å²) in [5.41, 5.74) is 2.13. The molecule has 1 aliphatic rings. The van der Waals surface area contributed by atoms with Gasteiger partial charge in [0.1, 0.15) is 18.2 Å². The van der Waals surface area contributed by atoms with E-state index >= 15 is 0 Å². The summed E-state index contributed by atoms with van der Waals surface area (Å²) in [5, 5.41) is 5.89. The van der Waals surface area contributed by atoms with Crippen molar-refractivity contribution in [3.8, 4) is 0 Å². The zero-order chi connectivity index (χ0) is 27.8. The summed E-state index contributed by atoms with van der Waals surface area (Å²) in [7, 11) is 0. The summed E-state index contributed by atoms with van der Waals surface area (Å²) < 4.78 is 5.34. The molecule has 0 radical (unpaired) electrons. The number of hydrogen-bond acceptors (Lipinski definition) is 4. The molecule has 0 spiro atoms. The molecule has 7 nitrogen and oxygen atoms in total. The first-order valence-corrected chi connectivity index (χ1v) is 13.9. The Morgan fingerprint density at radius 3 is 2.14 bits per heavy atom.